The van der Waals surface area contributed by atoms with Crippen LogP contribution in [0.5, 0.6) is 0 Å². The summed E-state index contributed by atoms with van der Waals surface area (Å²) in [7, 11) is 0. The molecular weight excluding hydrogens is 944 g/mol. The van der Waals surface area contributed by atoms with Gasteiger partial charge >= 0.3 is 18.2 Å². The lowest BCUT2D eigenvalue weighted by atomic mass is 9.76. The van der Waals surface area contributed by atoms with Gasteiger partial charge in [-0.2, -0.15) is 3.21 Å². The lowest BCUT2D eigenvalue weighted by Gasteiger charge is -2.38. The number of hydrogen-bond acceptors (Lipinski definition) is 9. The first kappa shape index (κ1) is 47.3. The monoisotopic (exact) mass is 998 g/mol. The van der Waals surface area contributed by atoms with Crippen molar-refractivity contribution < 1.29 is 33.3 Å². The Balaban J connectivity index is 1.18. The third-order valence-corrected chi connectivity index (χ3v) is 11.8. The van der Waals surface area contributed by atoms with E-state index in [2.05, 4.69) is 70.6 Å². The van der Waals surface area contributed by atoms with Crippen LogP contribution >= 0.6 is 22.9 Å². The Morgan fingerprint density at radius 1 is 0.712 bits per heavy atom. The fraction of sp³-hybridized carbons (Fsp3) is 0.259. The molecule has 0 saturated heterocycles. The van der Waals surface area contributed by atoms with E-state index in [1.165, 1.54) is 17.9 Å². The minimum absolute atomic E-state index is 0.0130. The summed E-state index contributed by atoms with van der Waals surface area (Å²) in [4.78, 5) is 41.8. The zero-order chi connectivity index (χ0) is 46.7. The Kier molecular flexibility index (Phi) is 15.4. The number of nitrogen functional groups attached to an aromatic ring is 1. The molecule has 0 bridgehead atoms. The number of para-hydroxylation sites is 1. The predicted octanol–water partition coefficient (Wildman–Crippen LogP) is 12.5. The number of ether oxygens (including phenoxy) is 4. The number of carbonyl (C=O) groups is 3. The van der Waals surface area contributed by atoms with Gasteiger partial charge in [0.15, 0.2) is 0 Å². The van der Waals surface area contributed by atoms with Gasteiger partial charge in [0.25, 0.3) is 0 Å². The van der Waals surface area contributed by atoms with E-state index in [0.717, 1.165) is 71.0 Å². The second-order valence-electron chi connectivity index (χ2n) is 17.2. The van der Waals surface area contributed by atoms with Crippen LogP contribution in [0.25, 0.3) is 11.1 Å². The van der Waals surface area contributed by atoms with Crippen molar-refractivity contribution in [3.63, 3.8) is 0 Å². The Bertz CT molecular complexity index is 2520. The number of esters is 1. The summed E-state index contributed by atoms with van der Waals surface area (Å²) in [6.07, 6.45) is 1.42. The largest absolute Gasteiger partial charge is 0.511 e. The molecule has 6 aromatic carbocycles. The molecule has 340 valence electrons. The number of nitrogens with zero attached hydrogens (tertiary/aromatic N) is 2. The van der Waals surface area contributed by atoms with Crippen LogP contribution in [-0.4, -0.2) is 42.0 Å². The Hall–Kier alpha value is -6.67. The molecule has 1 saturated carbocycles. The maximum absolute atomic E-state index is 14.1. The van der Waals surface area contributed by atoms with Crippen molar-refractivity contribution in [1.29, 1.82) is 0 Å². The van der Waals surface area contributed by atoms with Crippen LogP contribution in [0.1, 0.15) is 98.0 Å². The number of hydrogen-bond donors (Lipinski definition) is 2. The van der Waals surface area contributed by atoms with E-state index >= 15 is 0 Å². The standard InChI is InChI=1S/C54H55IN4O7/c1-37(64-52(62)65-43-26-15-8-16-27-43)63-50(60)46-30-19-31-47(56)48(46)59(51(61)66-53(2,3)4)36-38-32-34-39(35-33-38)44-28-17-18-29-45(44)49(58-55)57-54(40-20-9-5-10-21-40,41-22-11-6-12-23-41)42-24-13-7-14-25-42/h5-7,9-14,17-25,28-35,37,43H,8,15-16,26-27,36,56H2,1-4H3,(H,57,58). The van der Waals surface area contributed by atoms with E-state index in [9.17, 15) is 14.4 Å². The third kappa shape index (κ3) is 11.4. The van der Waals surface area contributed by atoms with Gasteiger partial charge in [0.2, 0.25) is 6.29 Å². The number of amidine groups is 1. The highest BCUT2D eigenvalue weighted by Gasteiger charge is 2.38. The molecule has 66 heavy (non-hydrogen) atoms. The number of nitrogens with two attached hydrogens (primary N) is 1. The first-order chi connectivity index (χ1) is 31.9. The summed E-state index contributed by atoms with van der Waals surface area (Å²) in [5, 5.41) is 3.94. The molecule has 0 radical (unpaired) electrons. The number of anilines is 2. The van der Waals surface area contributed by atoms with Crippen molar-refractivity contribution in [2.75, 3.05) is 10.6 Å². The number of carbonyl (C=O) groups excluding carboxylic acids is 3. The van der Waals surface area contributed by atoms with Gasteiger partial charge in [-0.1, -0.05) is 152 Å². The van der Waals surface area contributed by atoms with Crippen LogP contribution in [0.2, 0.25) is 0 Å². The topological polar surface area (TPSA) is 142 Å². The zero-order valence-electron chi connectivity index (χ0n) is 37.6. The molecule has 0 heterocycles. The van der Waals surface area contributed by atoms with Crippen molar-refractivity contribution in [3.05, 3.63) is 191 Å². The predicted molar refractivity (Wildman–Crippen MR) is 267 cm³/mol. The van der Waals surface area contributed by atoms with Crippen molar-refractivity contribution in [1.82, 2.24) is 5.32 Å². The van der Waals surface area contributed by atoms with Gasteiger partial charge in [-0.15, -0.1) is 0 Å². The third-order valence-electron chi connectivity index (χ3n) is 11.3. The average molecular weight is 999 g/mol. The summed E-state index contributed by atoms with van der Waals surface area (Å²) in [6, 6.07) is 51.7. The highest BCUT2D eigenvalue weighted by atomic mass is 127. The number of nitrogens with one attached hydrogen (secondary N) is 1. The number of halogens is 1. The van der Waals surface area contributed by atoms with Crippen molar-refractivity contribution in [2.45, 2.75) is 89.9 Å². The first-order valence-electron chi connectivity index (χ1n) is 22.2. The molecule has 1 aliphatic rings. The molecule has 1 fully saturated rings. The van der Waals surface area contributed by atoms with Crippen LogP contribution < -0.4 is 16.0 Å². The zero-order valence-corrected chi connectivity index (χ0v) is 39.8. The molecule has 7 rings (SSSR count). The van der Waals surface area contributed by atoms with Crippen LogP contribution in [0.15, 0.2) is 161 Å². The lowest BCUT2D eigenvalue weighted by Crippen LogP contribution is -2.48. The van der Waals surface area contributed by atoms with Gasteiger partial charge in [-0.3, -0.25) is 4.90 Å². The van der Waals surface area contributed by atoms with Crippen molar-refractivity contribution in [2.24, 2.45) is 3.21 Å². The quantitative estimate of drug-likeness (QED) is 0.0169. The van der Waals surface area contributed by atoms with Crippen molar-refractivity contribution in [3.8, 4) is 11.1 Å². The van der Waals surface area contributed by atoms with E-state index in [-0.39, 0.29) is 29.6 Å². The smallest absolute Gasteiger partial charge is 0.443 e. The molecule has 3 N–H and O–H groups in total. The second-order valence-corrected chi connectivity index (χ2v) is 17.7. The summed E-state index contributed by atoms with van der Waals surface area (Å²) < 4.78 is 27.1. The van der Waals surface area contributed by atoms with E-state index in [1.807, 2.05) is 97.1 Å². The van der Waals surface area contributed by atoms with Gasteiger partial charge in [0, 0.05) is 12.5 Å². The fourth-order valence-corrected chi connectivity index (χ4v) is 8.69. The summed E-state index contributed by atoms with van der Waals surface area (Å²) >= 11 is 2.06. The Morgan fingerprint density at radius 2 is 1.26 bits per heavy atom. The van der Waals surface area contributed by atoms with Crippen LogP contribution in [-0.2, 0) is 31.0 Å². The highest BCUT2D eigenvalue weighted by molar-refractivity contribution is 14.1. The molecule has 0 aliphatic heterocycles. The van der Waals surface area contributed by atoms with Crippen LogP contribution in [0.4, 0.5) is 21.0 Å². The number of amides is 1. The molecule has 11 nitrogen and oxygen atoms in total. The van der Waals surface area contributed by atoms with E-state index < -0.39 is 35.6 Å². The van der Waals surface area contributed by atoms with Gasteiger partial charge in [-0.05, 0) is 92.0 Å². The Labute approximate surface area is 400 Å². The van der Waals surface area contributed by atoms with Gasteiger partial charge in [-0.25, -0.2) is 14.4 Å². The molecule has 6 aromatic rings. The normalized spacial score (nSPS) is 13.8. The minimum Gasteiger partial charge on any atom is -0.443 e. The first-order valence-corrected chi connectivity index (χ1v) is 23.1. The summed E-state index contributed by atoms with van der Waals surface area (Å²) in [5.41, 5.74) is 11.7. The summed E-state index contributed by atoms with van der Waals surface area (Å²) in [5.74, 6) is -0.185. The Morgan fingerprint density at radius 3 is 1.82 bits per heavy atom. The van der Waals surface area contributed by atoms with E-state index in [0.29, 0.717) is 5.84 Å². The summed E-state index contributed by atoms with van der Waals surface area (Å²) in [6.45, 7) is 6.69. The van der Waals surface area contributed by atoms with E-state index in [4.69, 9.17) is 27.9 Å². The molecule has 1 atom stereocenters. The number of rotatable bonds is 13. The fourth-order valence-electron chi connectivity index (χ4n) is 8.31. The molecule has 0 aromatic heterocycles. The molecular formula is C54H55IN4O7. The highest BCUT2D eigenvalue weighted by Crippen LogP contribution is 2.39. The molecule has 0 spiro atoms. The second kappa shape index (κ2) is 21.5. The maximum atomic E-state index is 14.1. The van der Waals surface area contributed by atoms with Crippen molar-refractivity contribution >= 4 is 58.3 Å². The molecule has 1 aliphatic carbocycles. The van der Waals surface area contributed by atoms with Gasteiger partial charge in [0.1, 0.15) is 23.1 Å². The SMILES string of the molecule is CC(OC(=O)OC1CCCCC1)OC(=O)c1cccc(N)c1N(Cc1ccc(-c2ccccc2/C(=N/I)NC(c2ccccc2)(c2ccccc2)c2ccccc2)cc1)C(=O)OC(C)(C)C. The molecule has 1 unspecified atom stereocenters. The van der Waals surface area contributed by atoms with Crippen LogP contribution in [0.3, 0.4) is 0 Å². The maximum Gasteiger partial charge on any atom is 0.511 e. The molecule has 12 heteroatoms. The average Bonchev–Trinajstić information content (AvgIpc) is 3.32. The van der Waals surface area contributed by atoms with Crippen LogP contribution in [0, 0.1) is 0 Å². The van der Waals surface area contributed by atoms with Gasteiger partial charge in [0.05, 0.1) is 46.3 Å². The molecule has 1 amide bonds. The lowest BCUT2D eigenvalue weighted by molar-refractivity contribution is -0.0914. The van der Waals surface area contributed by atoms with E-state index in [1.54, 1.807) is 32.9 Å². The van der Waals surface area contributed by atoms with Gasteiger partial charge < -0.3 is 30.0 Å². The number of benzene rings is 6. The minimum atomic E-state index is -1.28.